The van der Waals surface area contributed by atoms with Crippen molar-refractivity contribution in [3.63, 3.8) is 0 Å². The van der Waals surface area contributed by atoms with Gasteiger partial charge in [0.2, 0.25) is 0 Å². The molecule has 6 heteroatoms. The van der Waals surface area contributed by atoms with E-state index in [9.17, 15) is 4.79 Å². The minimum atomic E-state index is -0.113. The summed E-state index contributed by atoms with van der Waals surface area (Å²) in [7, 11) is 0. The van der Waals surface area contributed by atoms with Gasteiger partial charge >= 0.3 is 0 Å². The Kier molecular flexibility index (Phi) is 6.37. The van der Waals surface area contributed by atoms with Crippen LogP contribution in [0.1, 0.15) is 47.1 Å². The first-order valence-corrected chi connectivity index (χ1v) is 9.66. The molecule has 0 radical (unpaired) electrons. The van der Waals surface area contributed by atoms with E-state index in [0.717, 1.165) is 23.4 Å². The van der Waals surface area contributed by atoms with Crippen LogP contribution in [0, 0.1) is 6.92 Å². The third-order valence-electron chi connectivity index (χ3n) is 4.67. The second-order valence-corrected chi connectivity index (χ2v) is 7.08. The third-order valence-corrected chi connectivity index (χ3v) is 4.91. The number of carbonyl (C=O) groups is 1. The molecule has 1 heterocycles. The minimum Gasteiger partial charge on any atom is -0.489 e. The van der Waals surface area contributed by atoms with Crippen LogP contribution in [-0.4, -0.2) is 15.7 Å². The van der Waals surface area contributed by atoms with Gasteiger partial charge in [-0.1, -0.05) is 29.8 Å². The van der Waals surface area contributed by atoms with Crippen molar-refractivity contribution in [1.82, 2.24) is 15.1 Å². The van der Waals surface area contributed by atoms with Crippen LogP contribution in [0.2, 0.25) is 5.02 Å². The van der Waals surface area contributed by atoms with E-state index in [2.05, 4.69) is 10.4 Å². The Balaban J connectivity index is 1.59. The highest BCUT2D eigenvalue weighted by Crippen LogP contribution is 2.19. The number of rotatable bonds is 7. The third kappa shape index (κ3) is 4.73. The topological polar surface area (TPSA) is 56.2 Å². The number of hydrogen-bond acceptors (Lipinski definition) is 3. The van der Waals surface area contributed by atoms with Gasteiger partial charge in [0.05, 0.1) is 12.2 Å². The van der Waals surface area contributed by atoms with Crippen molar-refractivity contribution in [3.05, 3.63) is 82.1 Å². The first-order chi connectivity index (χ1) is 13.5. The van der Waals surface area contributed by atoms with Crippen LogP contribution < -0.4 is 10.1 Å². The molecule has 0 aliphatic heterocycles. The van der Waals surface area contributed by atoms with Crippen LogP contribution in [0.5, 0.6) is 5.75 Å². The van der Waals surface area contributed by atoms with Gasteiger partial charge in [0, 0.05) is 28.4 Å². The van der Waals surface area contributed by atoms with Gasteiger partial charge < -0.3 is 10.1 Å². The molecule has 0 saturated heterocycles. The van der Waals surface area contributed by atoms with Crippen molar-refractivity contribution in [3.8, 4) is 5.75 Å². The molecule has 1 amide bonds. The number of aromatic nitrogens is 2. The van der Waals surface area contributed by atoms with Gasteiger partial charge in [0.1, 0.15) is 12.4 Å². The molecule has 3 aromatic rings. The molecule has 28 heavy (non-hydrogen) atoms. The summed E-state index contributed by atoms with van der Waals surface area (Å²) in [6.07, 6.45) is 1.82. The van der Waals surface area contributed by atoms with Crippen molar-refractivity contribution in [2.75, 3.05) is 0 Å². The number of nitrogens with zero attached hydrogens (tertiary/aromatic N) is 2. The van der Waals surface area contributed by atoms with Crippen molar-refractivity contribution in [2.24, 2.45) is 0 Å². The summed E-state index contributed by atoms with van der Waals surface area (Å²) < 4.78 is 7.65. The summed E-state index contributed by atoms with van der Waals surface area (Å²) in [5, 5.41) is 8.01. The lowest BCUT2D eigenvalue weighted by atomic mass is 10.1. The lowest BCUT2D eigenvalue weighted by Crippen LogP contribution is -2.27. The van der Waals surface area contributed by atoms with Crippen molar-refractivity contribution in [2.45, 2.75) is 40.0 Å². The lowest BCUT2D eigenvalue weighted by molar-refractivity contribution is 0.0939. The van der Waals surface area contributed by atoms with Crippen LogP contribution in [-0.2, 0) is 13.2 Å². The van der Waals surface area contributed by atoms with E-state index in [0.29, 0.717) is 22.9 Å². The van der Waals surface area contributed by atoms with E-state index in [1.807, 2.05) is 55.9 Å². The summed E-state index contributed by atoms with van der Waals surface area (Å²) in [4.78, 5) is 12.6. The van der Waals surface area contributed by atoms with Crippen LogP contribution in [0.15, 0.2) is 54.7 Å². The van der Waals surface area contributed by atoms with Gasteiger partial charge in [-0.05, 0) is 56.7 Å². The molecule has 1 unspecified atom stereocenters. The highest BCUT2D eigenvalue weighted by molar-refractivity contribution is 6.30. The Bertz CT molecular complexity index is 951. The zero-order valence-corrected chi connectivity index (χ0v) is 17.0. The molecular weight excluding hydrogens is 374 g/mol. The van der Waals surface area contributed by atoms with Crippen LogP contribution in [0.25, 0.3) is 0 Å². The predicted molar refractivity (Wildman–Crippen MR) is 111 cm³/mol. The second-order valence-electron chi connectivity index (χ2n) is 6.64. The molecule has 0 bridgehead atoms. The fourth-order valence-electron chi connectivity index (χ4n) is 3.04. The van der Waals surface area contributed by atoms with Crippen molar-refractivity contribution < 1.29 is 9.53 Å². The van der Waals surface area contributed by atoms with Crippen LogP contribution in [0.3, 0.4) is 0 Å². The van der Waals surface area contributed by atoms with Crippen molar-refractivity contribution in [1.29, 1.82) is 0 Å². The molecule has 0 saturated carbocycles. The maximum Gasteiger partial charge on any atom is 0.251 e. The molecule has 0 fully saturated rings. The molecular formula is C22H24ClN3O2. The fourth-order valence-corrected chi connectivity index (χ4v) is 3.22. The van der Waals surface area contributed by atoms with Gasteiger partial charge in [-0.3, -0.25) is 9.48 Å². The SMILES string of the molecule is CCn1ncc(C(C)NC(=O)c2ccc(COc3cccc(Cl)c3)cc2)c1C. The summed E-state index contributed by atoms with van der Waals surface area (Å²) in [5.41, 5.74) is 3.69. The average Bonchev–Trinajstić information content (AvgIpc) is 3.07. The number of carbonyl (C=O) groups excluding carboxylic acids is 1. The molecule has 0 aliphatic carbocycles. The van der Waals surface area contributed by atoms with E-state index >= 15 is 0 Å². The summed E-state index contributed by atoms with van der Waals surface area (Å²) in [5.74, 6) is 0.601. The maximum absolute atomic E-state index is 12.6. The van der Waals surface area contributed by atoms with Crippen LogP contribution in [0.4, 0.5) is 0 Å². The highest BCUT2D eigenvalue weighted by atomic mass is 35.5. The minimum absolute atomic E-state index is 0.112. The zero-order valence-electron chi connectivity index (χ0n) is 16.3. The quantitative estimate of drug-likeness (QED) is 0.614. The Morgan fingerprint density at radius 2 is 2.00 bits per heavy atom. The molecule has 1 N–H and O–H groups in total. The highest BCUT2D eigenvalue weighted by Gasteiger charge is 2.16. The number of hydrogen-bond donors (Lipinski definition) is 1. The Morgan fingerprint density at radius 3 is 2.64 bits per heavy atom. The molecule has 5 nitrogen and oxygen atoms in total. The zero-order chi connectivity index (χ0) is 20.1. The van der Waals surface area contributed by atoms with E-state index in [1.54, 1.807) is 24.3 Å². The molecule has 146 valence electrons. The van der Waals surface area contributed by atoms with Gasteiger partial charge in [-0.2, -0.15) is 5.10 Å². The van der Waals surface area contributed by atoms with Gasteiger partial charge in [0.25, 0.3) is 5.91 Å². The normalized spacial score (nSPS) is 11.9. The standard InChI is InChI=1S/C22H24ClN3O2/c1-4-26-16(3)21(13-24-26)15(2)25-22(27)18-10-8-17(9-11-18)14-28-20-7-5-6-19(23)12-20/h5-13,15H,4,14H2,1-3H3,(H,25,27). The summed E-state index contributed by atoms with van der Waals surface area (Å²) in [6, 6.07) is 14.6. The Hall–Kier alpha value is -2.79. The smallest absolute Gasteiger partial charge is 0.251 e. The number of nitrogens with one attached hydrogen (secondary N) is 1. The largest absolute Gasteiger partial charge is 0.489 e. The lowest BCUT2D eigenvalue weighted by Gasteiger charge is -2.14. The monoisotopic (exact) mass is 397 g/mol. The molecule has 1 atom stereocenters. The van der Waals surface area contributed by atoms with Crippen molar-refractivity contribution >= 4 is 17.5 Å². The van der Waals surface area contributed by atoms with E-state index < -0.39 is 0 Å². The predicted octanol–water partition coefficient (Wildman–Crippen LogP) is 4.93. The molecule has 2 aromatic carbocycles. The maximum atomic E-state index is 12.6. The number of amides is 1. The fraction of sp³-hybridized carbons (Fsp3) is 0.273. The van der Waals surface area contributed by atoms with Crippen LogP contribution >= 0.6 is 11.6 Å². The van der Waals surface area contributed by atoms with Gasteiger partial charge in [-0.25, -0.2) is 0 Å². The molecule has 0 aliphatic rings. The first-order valence-electron chi connectivity index (χ1n) is 9.28. The molecule has 1 aromatic heterocycles. The number of benzene rings is 2. The second kappa shape index (κ2) is 8.93. The van der Waals surface area contributed by atoms with Gasteiger partial charge in [-0.15, -0.1) is 0 Å². The molecule has 3 rings (SSSR count). The number of halogens is 1. The first kappa shape index (κ1) is 20.0. The summed E-state index contributed by atoms with van der Waals surface area (Å²) in [6.45, 7) is 7.25. The Labute approximate surface area is 170 Å². The van der Waals surface area contributed by atoms with E-state index in [4.69, 9.17) is 16.3 Å². The average molecular weight is 398 g/mol. The Morgan fingerprint density at radius 1 is 1.25 bits per heavy atom. The summed E-state index contributed by atoms with van der Waals surface area (Å²) >= 11 is 5.96. The molecule has 0 spiro atoms. The number of ether oxygens (including phenoxy) is 1. The van der Waals surface area contributed by atoms with E-state index in [-0.39, 0.29) is 11.9 Å². The number of aryl methyl sites for hydroxylation is 1. The van der Waals surface area contributed by atoms with E-state index in [1.165, 1.54) is 0 Å². The van der Waals surface area contributed by atoms with Gasteiger partial charge in [0.15, 0.2) is 0 Å².